The van der Waals surface area contributed by atoms with Crippen molar-refractivity contribution in [2.45, 2.75) is 31.6 Å². The van der Waals surface area contributed by atoms with Crippen LogP contribution in [0.15, 0.2) is 41.3 Å². The number of piperazine rings is 1. The zero-order valence-corrected chi connectivity index (χ0v) is 21.0. The fourth-order valence-corrected chi connectivity index (χ4v) is 7.72. The molecule has 33 heavy (non-hydrogen) atoms. The van der Waals surface area contributed by atoms with E-state index in [-0.39, 0.29) is 10.6 Å². The molecule has 0 spiro atoms. The van der Waals surface area contributed by atoms with Gasteiger partial charge in [0.1, 0.15) is 0 Å². The minimum atomic E-state index is -3.83. The second-order valence-electron chi connectivity index (χ2n) is 8.95. The van der Waals surface area contributed by atoms with Crippen LogP contribution in [0.5, 0.6) is 0 Å². The topological polar surface area (TPSA) is 90.0 Å². The largest absolute Gasteiger partial charge is 0.369 e. The average Bonchev–Trinajstić information content (AvgIpc) is 2.73. The Hall–Kier alpha value is -2.30. The molecule has 8 nitrogen and oxygen atoms in total. The number of nitrogens with one attached hydrogen (secondary N) is 1. The molecule has 2 fully saturated rings. The van der Waals surface area contributed by atoms with Crippen LogP contribution in [0.25, 0.3) is 0 Å². The van der Waals surface area contributed by atoms with Crippen molar-refractivity contribution in [3.63, 3.8) is 0 Å². The quantitative estimate of drug-likeness (QED) is 0.690. The van der Waals surface area contributed by atoms with Gasteiger partial charge >= 0.3 is 0 Å². The monoisotopic (exact) mass is 492 g/mol. The predicted octanol–water partition coefficient (Wildman–Crippen LogP) is 2.79. The molecule has 2 aromatic carbocycles. The SMILES string of the molecule is Cc1cc(N2CCCCS2(=O)=O)cc(C)c1S(=O)(=O)Nc1ccc(N2CCN(C)CC2)cc1. The Morgan fingerprint density at radius 2 is 1.45 bits per heavy atom. The summed E-state index contributed by atoms with van der Waals surface area (Å²) in [4.78, 5) is 4.76. The van der Waals surface area contributed by atoms with Gasteiger partial charge in [-0.2, -0.15) is 0 Å². The molecular weight excluding hydrogens is 460 g/mol. The van der Waals surface area contributed by atoms with Crippen LogP contribution in [0, 0.1) is 13.8 Å². The highest BCUT2D eigenvalue weighted by Gasteiger charge is 2.28. The van der Waals surface area contributed by atoms with E-state index in [0.29, 0.717) is 35.5 Å². The number of hydrogen-bond acceptors (Lipinski definition) is 6. The van der Waals surface area contributed by atoms with Crippen LogP contribution in [0.3, 0.4) is 0 Å². The second kappa shape index (κ2) is 9.15. The van der Waals surface area contributed by atoms with Crippen LogP contribution in [-0.4, -0.2) is 67.3 Å². The molecule has 0 amide bonds. The average molecular weight is 493 g/mol. The summed E-state index contributed by atoms with van der Waals surface area (Å²) in [5, 5.41) is 0. The van der Waals surface area contributed by atoms with Gasteiger partial charge < -0.3 is 9.80 Å². The molecule has 0 aliphatic carbocycles. The van der Waals surface area contributed by atoms with Gasteiger partial charge in [0.15, 0.2) is 0 Å². The molecule has 2 aromatic rings. The molecule has 0 radical (unpaired) electrons. The van der Waals surface area contributed by atoms with E-state index in [1.54, 1.807) is 38.1 Å². The van der Waals surface area contributed by atoms with Gasteiger partial charge in [0.2, 0.25) is 10.0 Å². The maximum Gasteiger partial charge on any atom is 0.262 e. The molecule has 0 atom stereocenters. The number of nitrogens with zero attached hydrogens (tertiary/aromatic N) is 3. The summed E-state index contributed by atoms with van der Waals surface area (Å²) in [6.07, 6.45) is 1.45. The molecule has 4 rings (SSSR count). The van der Waals surface area contributed by atoms with Crippen molar-refractivity contribution in [1.29, 1.82) is 0 Å². The molecule has 0 unspecified atom stereocenters. The smallest absolute Gasteiger partial charge is 0.262 e. The highest BCUT2D eigenvalue weighted by molar-refractivity contribution is 7.93. The highest BCUT2D eigenvalue weighted by atomic mass is 32.2. The van der Waals surface area contributed by atoms with Gasteiger partial charge in [0.25, 0.3) is 10.0 Å². The van der Waals surface area contributed by atoms with E-state index in [1.165, 1.54) is 4.31 Å². The Morgan fingerprint density at radius 1 is 0.848 bits per heavy atom. The summed E-state index contributed by atoms with van der Waals surface area (Å²) < 4.78 is 55.5. The zero-order chi connectivity index (χ0) is 23.8. The Labute approximate surface area is 197 Å². The maximum absolute atomic E-state index is 13.2. The molecule has 10 heteroatoms. The number of sulfonamides is 2. The first kappa shape index (κ1) is 23.8. The van der Waals surface area contributed by atoms with Crippen LogP contribution >= 0.6 is 0 Å². The molecular formula is C23H32N4O4S2. The van der Waals surface area contributed by atoms with Crippen molar-refractivity contribution in [3.8, 4) is 0 Å². The summed E-state index contributed by atoms with van der Waals surface area (Å²) in [5.41, 5.74) is 3.14. The Balaban J connectivity index is 1.55. The summed E-state index contributed by atoms with van der Waals surface area (Å²) in [5.74, 6) is 0.122. The Kier molecular flexibility index (Phi) is 6.61. The van der Waals surface area contributed by atoms with E-state index in [9.17, 15) is 16.8 Å². The van der Waals surface area contributed by atoms with Crippen LogP contribution in [-0.2, 0) is 20.0 Å². The van der Waals surface area contributed by atoms with E-state index in [1.807, 2.05) is 12.1 Å². The third-order valence-electron chi connectivity index (χ3n) is 6.34. The molecule has 180 valence electrons. The van der Waals surface area contributed by atoms with Crippen LogP contribution in [0.2, 0.25) is 0 Å². The fraction of sp³-hybridized carbons (Fsp3) is 0.478. The zero-order valence-electron chi connectivity index (χ0n) is 19.4. The van der Waals surface area contributed by atoms with Gasteiger partial charge in [0, 0.05) is 44.1 Å². The number of anilines is 3. The van der Waals surface area contributed by atoms with Crippen molar-refractivity contribution < 1.29 is 16.8 Å². The molecule has 2 aliphatic heterocycles. The van der Waals surface area contributed by atoms with Crippen LogP contribution in [0.1, 0.15) is 24.0 Å². The standard InChI is InChI=1S/C23H32N4O4S2/c1-18-16-22(27-10-4-5-15-32(27,28)29)17-19(2)23(18)33(30,31)24-20-6-8-21(9-7-20)26-13-11-25(3)12-14-26/h6-9,16-17,24H,4-5,10-15H2,1-3H3. The van der Waals surface area contributed by atoms with Crippen molar-refractivity contribution in [1.82, 2.24) is 4.90 Å². The molecule has 1 N–H and O–H groups in total. The van der Waals surface area contributed by atoms with E-state index in [2.05, 4.69) is 21.6 Å². The minimum absolute atomic E-state index is 0.122. The maximum atomic E-state index is 13.2. The lowest BCUT2D eigenvalue weighted by Crippen LogP contribution is -2.44. The van der Waals surface area contributed by atoms with E-state index in [4.69, 9.17) is 0 Å². The third-order valence-corrected chi connectivity index (χ3v) is 9.89. The minimum Gasteiger partial charge on any atom is -0.369 e. The van der Waals surface area contributed by atoms with Gasteiger partial charge in [0.05, 0.1) is 16.3 Å². The highest BCUT2D eigenvalue weighted by Crippen LogP contribution is 2.31. The Bertz CT molecular complexity index is 1200. The van der Waals surface area contributed by atoms with Crippen LogP contribution in [0.4, 0.5) is 17.1 Å². The lowest BCUT2D eigenvalue weighted by atomic mass is 10.1. The second-order valence-corrected chi connectivity index (χ2v) is 12.6. The molecule has 0 aromatic heterocycles. The normalized spacial score (nSPS) is 19.5. The first-order chi connectivity index (χ1) is 15.6. The summed E-state index contributed by atoms with van der Waals surface area (Å²) in [6.45, 7) is 7.73. The Morgan fingerprint density at radius 3 is 2.03 bits per heavy atom. The van der Waals surface area contributed by atoms with Gasteiger partial charge in [-0.25, -0.2) is 16.8 Å². The van der Waals surface area contributed by atoms with E-state index < -0.39 is 20.0 Å². The number of benzene rings is 2. The first-order valence-corrected chi connectivity index (χ1v) is 14.3. The summed E-state index contributed by atoms with van der Waals surface area (Å²) in [7, 11) is -5.09. The number of aryl methyl sites for hydroxylation is 2. The van der Waals surface area contributed by atoms with E-state index >= 15 is 0 Å². The summed E-state index contributed by atoms with van der Waals surface area (Å²) >= 11 is 0. The van der Waals surface area contributed by atoms with Gasteiger partial charge in [-0.3, -0.25) is 9.03 Å². The third kappa shape index (κ3) is 5.12. The lowest BCUT2D eigenvalue weighted by Gasteiger charge is -2.34. The molecule has 2 saturated heterocycles. The van der Waals surface area contributed by atoms with Crippen molar-refractivity contribution in [3.05, 3.63) is 47.5 Å². The molecule has 0 bridgehead atoms. The lowest BCUT2D eigenvalue weighted by molar-refractivity contribution is 0.313. The predicted molar refractivity (Wildman–Crippen MR) is 133 cm³/mol. The van der Waals surface area contributed by atoms with Crippen molar-refractivity contribution >= 4 is 37.1 Å². The van der Waals surface area contributed by atoms with Crippen molar-refractivity contribution in [2.24, 2.45) is 0 Å². The van der Waals surface area contributed by atoms with E-state index in [0.717, 1.165) is 38.3 Å². The molecule has 0 saturated carbocycles. The van der Waals surface area contributed by atoms with Gasteiger partial charge in [-0.15, -0.1) is 0 Å². The summed E-state index contributed by atoms with van der Waals surface area (Å²) in [6, 6.07) is 10.7. The number of likely N-dealkylation sites (N-methyl/N-ethyl adjacent to an activating group) is 1. The molecule has 2 aliphatic rings. The van der Waals surface area contributed by atoms with Crippen LogP contribution < -0.4 is 13.9 Å². The van der Waals surface area contributed by atoms with Gasteiger partial charge in [-0.1, -0.05) is 0 Å². The van der Waals surface area contributed by atoms with Crippen molar-refractivity contribution in [2.75, 3.05) is 59.5 Å². The molecule has 2 heterocycles. The first-order valence-electron chi connectivity index (χ1n) is 11.2. The number of rotatable bonds is 5. The fourth-order valence-electron chi connectivity index (χ4n) is 4.59. The van der Waals surface area contributed by atoms with Gasteiger partial charge in [-0.05, 0) is 81.3 Å². The number of hydrogen-bond donors (Lipinski definition) is 1.